The molecule has 1 aliphatic heterocycles. The number of benzene rings is 2. The molecule has 3 atom stereocenters. The Kier molecular flexibility index (Phi) is 12.5. The molecule has 5 rings (SSSR count). The Morgan fingerprint density at radius 2 is 1.42 bits per heavy atom. The first kappa shape index (κ1) is 37.8. The monoisotopic (exact) mass is 714 g/mol. The van der Waals surface area contributed by atoms with Crippen LogP contribution in [0.5, 0.6) is 0 Å². The number of rotatable bonds is 14. The largest absolute Gasteiger partial charge is 0.453 e. The number of hydrogen-bond donors (Lipinski definition) is 5. The fourth-order valence-electron chi connectivity index (χ4n) is 6.52. The molecule has 0 bridgehead atoms. The lowest BCUT2D eigenvalue weighted by Gasteiger charge is -2.30. The second-order valence-electron chi connectivity index (χ2n) is 13.9. The summed E-state index contributed by atoms with van der Waals surface area (Å²) in [5.41, 5.74) is 3.81. The molecule has 1 saturated heterocycles. The van der Waals surface area contributed by atoms with Crippen LogP contribution in [0.3, 0.4) is 0 Å². The predicted molar refractivity (Wildman–Crippen MR) is 197 cm³/mol. The van der Waals surface area contributed by atoms with Crippen LogP contribution in [0.1, 0.15) is 71.1 Å². The Morgan fingerprint density at radius 3 is 2.04 bits per heavy atom. The van der Waals surface area contributed by atoms with E-state index in [0.717, 1.165) is 77.0 Å². The number of aromatic nitrogens is 4. The molecule has 52 heavy (non-hydrogen) atoms. The summed E-state index contributed by atoms with van der Waals surface area (Å²) in [6.45, 7) is 8.63. The number of nitrogens with one attached hydrogen (secondary N) is 5. The maximum Gasteiger partial charge on any atom is 0.407 e. The van der Waals surface area contributed by atoms with E-state index < -0.39 is 24.3 Å². The number of unbranched alkanes of at least 4 members (excludes halogenated alkanes) is 1. The summed E-state index contributed by atoms with van der Waals surface area (Å²) in [5, 5.41) is 10.3. The van der Waals surface area contributed by atoms with E-state index in [1.807, 2.05) is 45.0 Å². The number of carbonyl (C=O) groups is 4. The summed E-state index contributed by atoms with van der Waals surface area (Å²) in [4.78, 5) is 67.5. The lowest BCUT2D eigenvalue weighted by Crippen LogP contribution is -2.51. The van der Waals surface area contributed by atoms with Crippen molar-refractivity contribution in [2.75, 3.05) is 27.3 Å². The molecule has 0 radical (unpaired) electrons. The Balaban J connectivity index is 1.17. The van der Waals surface area contributed by atoms with E-state index in [1.54, 1.807) is 0 Å². The van der Waals surface area contributed by atoms with Gasteiger partial charge in [-0.15, -0.1) is 0 Å². The van der Waals surface area contributed by atoms with Gasteiger partial charge in [-0.1, -0.05) is 52.0 Å². The zero-order valence-corrected chi connectivity index (χ0v) is 30.7. The summed E-state index contributed by atoms with van der Waals surface area (Å²) >= 11 is 0. The maximum absolute atomic E-state index is 13.5. The van der Waals surface area contributed by atoms with E-state index in [4.69, 9.17) is 4.74 Å². The van der Waals surface area contributed by atoms with Gasteiger partial charge in [0.2, 0.25) is 11.8 Å². The van der Waals surface area contributed by atoms with Crippen LogP contribution in [-0.2, 0) is 25.5 Å². The van der Waals surface area contributed by atoms with E-state index in [-0.39, 0.29) is 29.7 Å². The number of alkyl carbamates (subject to hydrolysis) is 2. The third-order valence-electron chi connectivity index (χ3n) is 9.48. The third-order valence-corrected chi connectivity index (χ3v) is 9.48. The summed E-state index contributed by atoms with van der Waals surface area (Å²) in [6, 6.07) is 11.0. The van der Waals surface area contributed by atoms with Gasteiger partial charge in [-0.05, 0) is 60.4 Å². The van der Waals surface area contributed by atoms with Crippen molar-refractivity contribution < 1.29 is 28.7 Å². The number of imidazole rings is 2. The van der Waals surface area contributed by atoms with Gasteiger partial charge in [-0.3, -0.25) is 9.59 Å². The van der Waals surface area contributed by atoms with Crippen LogP contribution in [0.15, 0.2) is 48.8 Å². The van der Waals surface area contributed by atoms with Crippen LogP contribution in [-0.4, -0.2) is 88.2 Å². The molecule has 0 saturated carbocycles. The van der Waals surface area contributed by atoms with Gasteiger partial charge < -0.3 is 40.3 Å². The van der Waals surface area contributed by atoms with E-state index in [2.05, 4.69) is 77.0 Å². The number of hydrogen-bond acceptors (Lipinski definition) is 8. The van der Waals surface area contributed by atoms with Crippen LogP contribution in [0, 0.1) is 11.8 Å². The van der Waals surface area contributed by atoms with Crippen LogP contribution >= 0.6 is 0 Å². The van der Waals surface area contributed by atoms with Gasteiger partial charge in [-0.2, -0.15) is 0 Å². The smallest absolute Gasteiger partial charge is 0.407 e. The highest BCUT2D eigenvalue weighted by Gasteiger charge is 2.37. The minimum absolute atomic E-state index is 0.0704. The van der Waals surface area contributed by atoms with E-state index in [9.17, 15) is 19.2 Å². The second kappa shape index (κ2) is 17.2. The first-order chi connectivity index (χ1) is 25.0. The van der Waals surface area contributed by atoms with Crippen molar-refractivity contribution in [1.82, 2.24) is 40.8 Å². The summed E-state index contributed by atoms with van der Waals surface area (Å²) in [6.07, 6.45) is 6.38. The first-order valence-electron chi connectivity index (χ1n) is 17.9. The van der Waals surface area contributed by atoms with Crippen LogP contribution in [0.2, 0.25) is 0 Å². The molecule has 2 aromatic carbocycles. The highest BCUT2D eigenvalue weighted by atomic mass is 16.5. The fraction of sp³-hybridized carbons (Fsp3) is 0.474. The van der Waals surface area contributed by atoms with Crippen molar-refractivity contribution in [1.29, 1.82) is 0 Å². The number of aryl methyl sites for hydroxylation is 1. The van der Waals surface area contributed by atoms with E-state index in [1.165, 1.54) is 14.2 Å². The highest BCUT2D eigenvalue weighted by molar-refractivity contribution is 5.90. The van der Waals surface area contributed by atoms with Crippen molar-refractivity contribution in [3.63, 3.8) is 0 Å². The standard InChI is InChI=1S/C38H50N8O6/c1-22(2)32(44-37(49)51-5)35(47)39-16-8-7-11-31-40-20-28(42-31)26-14-12-25-19-27(15-13-24(25)18-26)29-21-41-34(43-29)30-10-9-17-46(30)36(48)33(23(3)4)45-38(50)52-6/h12-15,18-23,30,32-33H,7-11,16-17H2,1-6H3,(H,39,47)(H,40,42)(H,41,43)(H,44,49)(H,45,50)/t30-,32-,33-/m0/s1. The number of methoxy groups -OCH3 is 2. The lowest BCUT2D eigenvalue weighted by molar-refractivity contribution is -0.135. The van der Waals surface area contributed by atoms with E-state index >= 15 is 0 Å². The quantitative estimate of drug-likeness (QED) is 0.106. The Bertz CT molecular complexity index is 1870. The molecule has 14 heteroatoms. The molecule has 1 fully saturated rings. The number of ether oxygens (including phenoxy) is 2. The van der Waals surface area contributed by atoms with Crippen molar-refractivity contribution >= 4 is 34.8 Å². The lowest BCUT2D eigenvalue weighted by atomic mass is 10.0. The maximum atomic E-state index is 13.5. The number of likely N-dealkylation sites (tertiary alicyclic amines) is 1. The molecule has 0 unspecified atom stereocenters. The predicted octanol–water partition coefficient (Wildman–Crippen LogP) is 5.48. The Morgan fingerprint density at radius 1 is 0.827 bits per heavy atom. The Hall–Kier alpha value is -5.40. The van der Waals surface area contributed by atoms with Gasteiger partial charge in [0.1, 0.15) is 23.7 Å². The Labute approximate surface area is 303 Å². The SMILES string of the molecule is COC(=O)N[C@H](C(=O)NCCCCc1ncc(-c2ccc3cc(-c4cnc([C@@H]5CCCN5C(=O)[C@@H](NC(=O)OC)C(C)C)[nH]4)ccc3c2)[nH]1)C(C)C. The number of nitrogens with zero attached hydrogens (tertiary/aromatic N) is 3. The molecule has 4 aromatic rings. The summed E-state index contributed by atoms with van der Waals surface area (Å²) in [5.74, 6) is 1.06. The average Bonchev–Trinajstić information content (AvgIpc) is 3.93. The fourth-order valence-corrected chi connectivity index (χ4v) is 6.52. The van der Waals surface area contributed by atoms with Crippen molar-refractivity contribution in [2.45, 2.75) is 77.9 Å². The van der Waals surface area contributed by atoms with Gasteiger partial charge >= 0.3 is 12.2 Å². The molecule has 1 aliphatic rings. The molecule has 2 aromatic heterocycles. The van der Waals surface area contributed by atoms with Gasteiger partial charge in [0.15, 0.2) is 0 Å². The topological polar surface area (TPSA) is 183 Å². The molecule has 0 spiro atoms. The molecule has 5 N–H and O–H groups in total. The van der Waals surface area contributed by atoms with Gasteiger partial charge in [0, 0.05) is 30.6 Å². The normalized spacial score (nSPS) is 15.5. The van der Waals surface area contributed by atoms with Gasteiger partial charge in [-0.25, -0.2) is 19.6 Å². The average molecular weight is 715 g/mol. The zero-order chi connectivity index (χ0) is 37.4. The van der Waals surface area contributed by atoms with Crippen LogP contribution in [0.4, 0.5) is 9.59 Å². The number of H-pyrrole nitrogens is 2. The number of fused-ring (bicyclic) bond motifs is 1. The molecule has 0 aliphatic carbocycles. The minimum atomic E-state index is -0.685. The minimum Gasteiger partial charge on any atom is -0.453 e. The van der Waals surface area contributed by atoms with Crippen LogP contribution < -0.4 is 16.0 Å². The van der Waals surface area contributed by atoms with E-state index in [0.29, 0.717) is 13.1 Å². The molecule has 14 nitrogen and oxygen atoms in total. The second-order valence-corrected chi connectivity index (χ2v) is 13.9. The highest BCUT2D eigenvalue weighted by Crippen LogP contribution is 2.33. The number of aromatic amines is 2. The molecular formula is C38H50N8O6. The molecule has 278 valence electrons. The van der Waals surface area contributed by atoms with Gasteiger partial charge in [0.05, 0.1) is 44.0 Å². The summed E-state index contributed by atoms with van der Waals surface area (Å²) < 4.78 is 9.38. The van der Waals surface area contributed by atoms with Crippen molar-refractivity contribution in [3.8, 4) is 22.5 Å². The molecular weight excluding hydrogens is 664 g/mol. The zero-order valence-electron chi connectivity index (χ0n) is 30.7. The van der Waals surface area contributed by atoms with Crippen LogP contribution in [0.25, 0.3) is 33.3 Å². The number of carbonyl (C=O) groups excluding carboxylic acids is 4. The number of amides is 4. The van der Waals surface area contributed by atoms with Gasteiger partial charge in [0.25, 0.3) is 0 Å². The third kappa shape index (κ3) is 9.09. The molecule has 3 heterocycles. The van der Waals surface area contributed by atoms with Crippen molar-refractivity contribution in [2.24, 2.45) is 11.8 Å². The first-order valence-corrected chi connectivity index (χ1v) is 17.9. The molecule has 4 amide bonds. The summed E-state index contributed by atoms with van der Waals surface area (Å²) in [7, 11) is 2.56. The van der Waals surface area contributed by atoms with Crippen molar-refractivity contribution in [3.05, 3.63) is 60.4 Å².